The summed E-state index contributed by atoms with van der Waals surface area (Å²) in [6, 6.07) is 7.32. The van der Waals surface area contributed by atoms with Gasteiger partial charge in [-0.05, 0) is 31.0 Å². The molecule has 0 bridgehead atoms. The number of aromatic nitrogens is 2. The Labute approximate surface area is 117 Å². The molecule has 0 aliphatic carbocycles. The van der Waals surface area contributed by atoms with Crippen molar-refractivity contribution in [1.29, 1.82) is 0 Å². The highest BCUT2D eigenvalue weighted by Gasteiger charge is 2.04. The highest BCUT2D eigenvalue weighted by Crippen LogP contribution is 2.17. The predicted octanol–water partition coefficient (Wildman–Crippen LogP) is 2.69. The van der Waals surface area contributed by atoms with Crippen LogP contribution in [0, 0.1) is 6.92 Å². The highest BCUT2D eigenvalue weighted by atomic mass is 35.5. The van der Waals surface area contributed by atoms with Crippen molar-refractivity contribution >= 4 is 17.3 Å². The van der Waals surface area contributed by atoms with Crippen LogP contribution in [0.3, 0.4) is 0 Å². The lowest BCUT2D eigenvalue weighted by Gasteiger charge is -2.08. The van der Waals surface area contributed by atoms with Crippen LogP contribution in [-0.4, -0.2) is 16.3 Å². The molecule has 0 saturated carbocycles. The summed E-state index contributed by atoms with van der Waals surface area (Å²) < 4.78 is 1.40. The molecule has 2 aromatic rings. The quantitative estimate of drug-likeness (QED) is 0.935. The van der Waals surface area contributed by atoms with Crippen LogP contribution in [-0.2, 0) is 6.54 Å². The SMILES string of the molecule is CCNc1cnn(Cc2ccc(C)cc2Cl)c(=O)c1. The maximum absolute atomic E-state index is 11.9. The Kier molecular flexibility index (Phi) is 4.22. The number of aryl methyl sites for hydroxylation is 1. The lowest BCUT2D eigenvalue weighted by Crippen LogP contribution is -2.23. The molecule has 0 aliphatic heterocycles. The summed E-state index contributed by atoms with van der Waals surface area (Å²) in [4.78, 5) is 11.9. The van der Waals surface area contributed by atoms with E-state index in [9.17, 15) is 4.79 Å². The third kappa shape index (κ3) is 3.35. The van der Waals surface area contributed by atoms with Crippen molar-refractivity contribution in [1.82, 2.24) is 9.78 Å². The number of hydrogen-bond acceptors (Lipinski definition) is 3. The van der Waals surface area contributed by atoms with Gasteiger partial charge in [0.15, 0.2) is 0 Å². The summed E-state index contributed by atoms with van der Waals surface area (Å²) in [5, 5.41) is 7.85. The Bertz CT molecular complexity index is 637. The number of rotatable bonds is 4. The van der Waals surface area contributed by atoms with Crippen molar-refractivity contribution in [2.45, 2.75) is 20.4 Å². The topological polar surface area (TPSA) is 46.9 Å². The first-order chi connectivity index (χ1) is 9.10. The Balaban J connectivity index is 2.26. The Hall–Kier alpha value is -1.81. The van der Waals surface area contributed by atoms with Gasteiger partial charge in [0, 0.05) is 17.6 Å². The Morgan fingerprint density at radius 1 is 1.37 bits per heavy atom. The minimum atomic E-state index is -0.143. The first kappa shape index (κ1) is 13.6. The lowest BCUT2D eigenvalue weighted by molar-refractivity contribution is 0.639. The maximum atomic E-state index is 11.9. The number of nitrogens with one attached hydrogen (secondary N) is 1. The highest BCUT2D eigenvalue weighted by molar-refractivity contribution is 6.31. The molecule has 0 saturated heterocycles. The van der Waals surface area contributed by atoms with Gasteiger partial charge >= 0.3 is 0 Å². The van der Waals surface area contributed by atoms with E-state index in [1.807, 2.05) is 32.0 Å². The summed E-state index contributed by atoms with van der Waals surface area (Å²) in [5.41, 5.74) is 2.57. The van der Waals surface area contributed by atoms with E-state index >= 15 is 0 Å². The van der Waals surface area contributed by atoms with Crippen LogP contribution in [0.1, 0.15) is 18.1 Å². The van der Waals surface area contributed by atoms with Crippen molar-refractivity contribution in [2.75, 3.05) is 11.9 Å². The van der Waals surface area contributed by atoms with Crippen molar-refractivity contribution in [2.24, 2.45) is 0 Å². The van der Waals surface area contributed by atoms with Crippen LogP contribution < -0.4 is 10.9 Å². The fraction of sp³-hybridized carbons (Fsp3) is 0.286. The third-order valence-electron chi connectivity index (χ3n) is 2.78. The number of benzene rings is 1. The Morgan fingerprint density at radius 3 is 2.79 bits per heavy atom. The van der Waals surface area contributed by atoms with Gasteiger partial charge in [0.2, 0.25) is 0 Å². The van der Waals surface area contributed by atoms with Gasteiger partial charge in [0.25, 0.3) is 5.56 Å². The average Bonchev–Trinajstić information content (AvgIpc) is 2.36. The minimum absolute atomic E-state index is 0.143. The number of anilines is 1. The van der Waals surface area contributed by atoms with Crippen LogP contribution >= 0.6 is 11.6 Å². The predicted molar refractivity (Wildman–Crippen MR) is 78.0 cm³/mol. The lowest BCUT2D eigenvalue weighted by atomic mass is 10.1. The second kappa shape index (κ2) is 5.89. The first-order valence-corrected chi connectivity index (χ1v) is 6.54. The summed E-state index contributed by atoms with van der Waals surface area (Å²) in [6.07, 6.45) is 1.65. The van der Waals surface area contributed by atoms with Gasteiger partial charge in [-0.3, -0.25) is 4.79 Å². The molecule has 1 heterocycles. The van der Waals surface area contributed by atoms with Gasteiger partial charge in [-0.2, -0.15) is 5.10 Å². The number of nitrogens with zero attached hydrogens (tertiary/aromatic N) is 2. The molecular weight excluding hydrogens is 262 g/mol. The van der Waals surface area contributed by atoms with E-state index in [1.165, 1.54) is 4.68 Å². The standard InChI is InChI=1S/C14H16ClN3O/c1-3-16-12-7-14(19)18(17-8-12)9-11-5-4-10(2)6-13(11)15/h4-8,16H,3,9H2,1-2H3. The summed E-state index contributed by atoms with van der Waals surface area (Å²) in [5.74, 6) is 0. The van der Waals surface area contributed by atoms with Crippen molar-refractivity contribution < 1.29 is 0 Å². The molecule has 1 aromatic carbocycles. The van der Waals surface area contributed by atoms with Crippen molar-refractivity contribution in [3.05, 3.63) is 57.0 Å². The van der Waals surface area contributed by atoms with Crippen molar-refractivity contribution in [3.63, 3.8) is 0 Å². The van der Waals surface area contributed by atoms with Crippen LogP contribution in [0.2, 0.25) is 5.02 Å². The van der Waals surface area contributed by atoms with Crippen LogP contribution in [0.4, 0.5) is 5.69 Å². The molecule has 0 atom stereocenters. The van der Waals surface area contributed by atoms with E-state index in [4.69, 9.17) is 11.6 Å². The normalized spacial score (nSPS) is 10.5. The molecule has 1 N–H and O–H groups in total. The zero-order valence-electron chi connectivity index (χ0n) is 11.0. The molecule has 4 nitrogen and oxygen atoms in total. The maximum Gasteiger partial charge on any atom is 0.269 e. The monoisotopic (exact) mass is 277 g/mol. The largest absolute Gasteiger partial charge is 0.384 e. The van der Waals surface area contributed by atoms with Gasteiger partial charge in [-0.1, -0.05) is 23.7 Å². The van der Waals surface area contributed by atoms with E-state index in [0.717, 1.165) is 23.4 Å². The van der Waals surface area contributed by atoms with Gasteiger partial charge < -0.3 is 5.32 Å². The van der Waals surface area contributed by atoms with E-state index in [0.29, 0.717) is 11.6 Å². The number of hydrogen-bond donors (Lipinski definition) is 1. The number of halogens is 1. The van der Waals surface area contributed by atoms with Crippen LogP contribution in [0.15, 0.2) is 35.3 Å². The second-order valence-electron chi connectivity index (χ2n) is 4.37. The molecule has 0 amide bonds. The summed E-state index contributed by atoms with van der Waals surface area (Å²) in [7, 11) is 0. The van der Waals surface area contributed by atoms with Gasteiger partial charge in [-0.25, -0.2) is 4.68 Å². The van der Waals surface area contributed by atoms with Crippen LogP contribution in [0.5, 0.6) is 0 Å². The summed E-state index contributed by atoms with van der Waals surface area (Å²) in [6.45, 7) is 5.09. The second-order valence-corrected chi connectivity index (χ2v) is 4.77. The van der Waals surface area contributed by atoms with E-state index in [2.05, 4.69) is 10.4 Å². The average molecular weight is 278 g/mol. The Morgan fingerprint density at radius 2 is 2.16 bits per heavy atom. The van der Waals surface area contributed by atoms with Gasteiger partial charge in [0.05, 0.1) is 18.4 Å². The molecule has 100 valence electrons. The third-order valence-corrected chi connectivity index (χ3v) is 3.13. The molecular formula is C14H16ClN3O. The van der Waals surface area contributed by atoms with E-state index in [1.54, 1.807) is 12.3 Å². The molecule has 0 aliphatic rings. The molecule has 5 heteroatoms. The molecule has 0 radical (unpaired) electrons. The van der Waals surface area contributed by atoms with Crippen LogP contribution in [0.25, 0.3) is 0 Å². The molecule has 2 rings (SSSR count). The first-order valence-electron chi connectivity index (χ1n) is 6.16. The summed E-state index contributed by atoms with van der Waals surface area (Å²) >= 11 is 6.16. The van der Waals surface area contributed by atoms with E-state index < -0.39 is 0 Å². The fourth-order valence-corrected chi connectivity index (χ4v) is 2.09. The zero-order valence-corrected chi connectivity index (χ0v) is 11.7. The minimum Gasteiger partial charge on any atom is -0.384 e. The smallest absolute Gasteiger partial charge is 0.269 e. The van der Waals surface area contributed by atoms with Gasteiger partial charge in [0.1, 0.15) is 0 Å². The zero-order chi connectivity index (χ0) is 13.8. The molecule has 0 fully saturated rings. The molecule has 19 heavy (non-hydrogen) atoms. The molecule has 0 spiro atoms. The van der Waals surface area contributed by atoms with Gasteiger partial charge in [-0.15, -0.1) is 0 Å². The van der Waals surface area contributed by atoms with E-state index in [-0.39, 0.29) is 5.56 Å². The fourth-order valence-electron chi connectivity index (χ4n) is 1.80. The molecule has 1 aromatic heterocycles. The van der Waals surface area contributed by atoms with Crippen molar-refractivity contribution in [3.8, 4) is 0 Å². The molecule has 0 unspecified atom stereocenters.